The average Bonchev–Trinajstić information content (AvgIpc) is 2.63. The van der Waals surface area contributed by atoms with Crippen LogP contribution in [-0.2, 0) is 9.53 Å². The lowest BCUT2D eigenvalue weighted by Crippen LogP contribution is -2.44. The molecule has 2 rings (SSSR count). The molecule has 8 nitrogen and oxygen atoms in total. The van der Waals surface area contributed by atoms with Gasteiger partial charge in [0.1, 0.15) is 18.1 Å². The van der Waals surface area contributed by atoms with Gasteiger partial charge in [-0.2, -0.15) is 0 Å². The van der Waals surface area contributed by atoms with E-state index in [1.807, 2.05) is 12.1 Å². The van der Waals surface area contributed by atoms with Gasteiger partial charge in [-0.05, 0) is 29.3 Å². The third-order valence-corrected chi connectivity index (χ3v) is 3.62. The molecule has 1 aromatic carbocycles. The number of rotatable bonds is 7. The summed E-state index contributed by atoms with van der Waals surface area (Å²) in [6, 6.07) is 7.20. The van der Waals surface area contributed by atoms with E-state index in [0.717, 1.165) is 44.0 Å². The third kappa shape index (κ3) is 5.58. The molecule has 1 fully saturated rings. The van der Waals surface area contributed by atoms with Gasteiger partial charge < -0.3 is 14.8 Å². The molecule has 1 N–H and O–H groups in total. The molecule has 1 aromatic rings. The van der Waals surface area contributed by atoms with Crippen LogP contribution in [0, 0.1) is 0 Å². The Morgan fingerprint density at radius 1 is 1.38 bits per heavy atom. The van der Waals surface area contributed by atoms with Crippen molar-refractivity contribution < 1.29 is 14.3 Å². The van der Waals surface area contributed by atoms with Gasteiger partial charge in [-0.25, -0.2) is 4.79 Å². The van der Waals surface area contributed by atoms with Crippen molar-refractivity contribution in [3.8, 4) is 5.75 Å². The molecule has 24 heavy (non-hydrogen) atoms. The predicted octanol–water partition coefficient (Wildman–Crippen LogP) is 1.79. The molecule has 128 valence electrons. The number of nitrogens with zero attached hydrogens (tertiary/aromatic N) is 4. The van der Waals surface area contributed by atoms with E-state index in [1.54, 1.807) is 12.1 Å². The molecule has 1 heterocycles. The van der Waals surface area contributed by atoms with Crippen LogP contribution in [0.4, 0.5) is 0 Å². The monoisotopic (exact) mass is 331 g/mol. The van der Waals surface area contributed by atoms with Crippen molar-refractivity contribution in [3.63, 3.8) is 0 Å². The molecule has 0 atom stereocenters. The van der Waals surface area contributed by atoms with Crippen LogP contribution in [0.2, 0.25) is 0 Å². The second-order valence-electron chi connectivity index (χ2n) is 5.22. The zero-order valence-corrected chi connectivity index (χ0v) is 13.6. The van der Waals surface area contributed by atoms with Gasteiger partial charge in [0.25, 0.3) is 0 Å². The summed E-state index contributed by atoms with van der Waals surface area (Å²) in [6.07, 6.45) is 1.47. The Morgan fingerprint density at radius 2 is 2.08 bits per heavy atom. The fourth-order valence-corrected chi connectivity index (χ4v) is 2.33. The Kier molecular flexibility index (Phi) is 7.10. The second-order valence-corrected chi connectivity index (χ2v) is 5.22. The van der Waals surface area contributed by atoms with Crippen LogP contribution in [0.25, 0.3) is 16.5 Å². The summed E-state index contributed by atoms with van der Waals surface area (Å²) in [7, 11) is 1.23. The van der Waals surface area contributed by atoms with Gasteiger partial charge in [0.15, 0.2) is 0 Å². The number of carbonyl (C=O) groups excluding carboxylic acids is 1. The minimum atomic E-state index is -0.677. The van der Waals surface area contributed by atoms with Gasteiger partial charge in [-0.15, -0.1) is 0 Å². The topological polar surface area (TPSA) is 99.6 Å². The smallest absolute Gasteiger partial charge is 0.340 e. The molecule has 1 saturated heterocycles. The van der Waals surface area contributed by atoms with Crippen LogP contribution in [0.5, 0.6) is 5.75 Å². The van der Waals surface area contributed by atoms with Gasteiger partial charge in [-0.1, -0.05) is 17.2 Å². The van der Waals surface area contributed by atoms with E-state index in [2.05, 4.69) is 25.0 Å². The summed E-state index contributed by atoms with van der Waals surface area (Å²) < 4.78 is 10.3. The first kappa shape index (κ1) is 17.8. The molecule has 0 spiro atoms. The van der Waals surface area contributed by atoms with Gasteiger partial charge >= 0.3 is 5.97 Å². The zero-order chi connectivity index (χ0) is 17.2. The van der Waals surface area contributed by atoms with E-state index < -0.39 is 5.97 Å². The lowest BCUT2D eigenvalue weighted by molar-refractivity contribution is -0.136. The van der Waals surface area contributed by atoms with Gasteiger partial charge in [-0.3, -0.25) is 4.90 Å². The van der Waals surface area contributed by atoms with Crippen LogP contribution >= 0.6 is 0 Å². The maximum absolute atomic E-state index is 11.5. The standard InChI is InChI=1S/C16H21N5O3/c1-23-16(22)15(19-20-17)12-13-2-4-14(5-3-13)24-11-10-21-8-6-18-7-9-21/h2-5,12,18H,6-11H2,1H3. The summed E-state index contributed by atoms with van der Waals surface area (Å²) in [4.78, 5) is 16.5. The number of piperazine rings is 1. The van der Waals surface area contributed by atoms with Crippen molar-refractivity contribution in [3.05, 3.63) is 46.0 Å². The Bertz CT molecular complexity index is 617. The van der Waals surface area contributed by atoms with Gasteiger partial charge in [0, 0.05) is 37.6 Å². The Labute approximate surface area is 140 Å². The quantitative estimate of drug-likeness (QED) is 0.270. The molecular weight excluding hydrogens is 310 g/mol. The molecule has 0 unspecified atom stereocenters. The van der Waals surface area contributed by atoms with Crippen LogP contribution in [0.1, 0.15) is 5.56 Å². The zero-order valence-electron chi connectivity index (χ0n) is 13.6. The maximum Gasteiger partial charge on any atom is 0.340 e. The molecule has 8 heteroatoms. The Hall–Kier alpha value is -2.54. The SMILES string of the molecule is COC(=O)C(=Cc1ccc(OCCN2CCNCC2)cc1)N=[N+]=[N-]. The highest BCUT2D eigenvalue weighted by Crippen LogP contribution is 2.15. The van der Waals surface area contributed by atoms with E-state index in [0.29, 0.717) is 6.61 Å². The van der Waals surface area contributed by atoms with E-state index >= 15 is 0 Å². The fourth-order valence-electron chi connectivity index (χ4n) is 2.33. The third-order valence-electron chi connectivity index (χ3n) is 3.62. The number of ether oxygens (including phenoxy) is 2. The van der Waals surface area contributed by atoms with E-state index in [1.165, 1.54) is 13.2 Å². The molecule has 1 aliphatic heterocycles. The molecule has 1 aliphatic rings. The minimum absolute atomic E-state index is 0.0904. The Morgan fingerprint density at radius 3 is 2.71 bits per heavy atom. The first-order valence-electron chi connectivity index (χ1n) is 7.74. The highest BCUT2D eigenvalue weighted by Gasteiger charge is 2.09. The van der Waals surface area contributed by atoms with Gasteiger partial charge in [0.2, 0.25) is 0 Å². The molecule has 0 radical (unpaired) electrons. The largest absolute Gasteiger partial charge is 0.492 e. The van der Waals surface area contributed by atoms with Crippen LogP contribution < -0.4 is 10.1 Å². The maximum atomic E-state index is 11.5. The summed E-state index contributed by atoms with van der Waals surface area (Å²) >= 11 is 0. The summed E-state index contributed by atoms with van der Waals surface area (Å²) in [5.74, 6) is 0.0786. The van der Waals surface area contributed by atoms with Crippen LogP contribution in [-0.4, -0.2) is 57.3 Å². The number of azide groups is 1. The number of methoxy groups -OCH3 is 1. The summed E-state index contributed by atoms with van der Waals surface area (Å²) in [5.41, 5.74) is 9.12. The fraction of sp³-hybridized carbons (Fsp3) is 0.438. The number of hydrogen-bond donors (Lipinski definition) is 1. The Balaban J connectivity index is 1.89. The van der Waals surface area contributed by atoms with Crippen molar-refractivity contribution in [2.75, 3.05) is 46.4 Å². The summed E-state index contributed by atoms with van der Waals surface area (Å²) in [6.45, 7) is 5.66. The van der Waals surface area contributed by atoms with Gasteiger partial charge in [0.05, 0.1) is 7.11 Å². The molecule has 0 amide bonds. The van der Waals surface area contributed by atoms with Crippen molar-refractivity contribution in [1.82, 2.24) is 10.2 Å². The number of carbonyl (C=O) groups is 1. The average molecular weight is 331 g/mol. The molecule has 0 aromatic heterocycles. The lowest BCUT2D eigenvalue weighted by atomic mass is 10.2. The van der Waals surface area contributed by atoms with E-state index in [4.69, 9.17) is 10.3 Å². The molecule has 0 saturated carbocycles. The highest BCUT2D eigenvalue weighted by atomic mass is 16.5. The number of hydrogen-bond acceptors (Lipinski definition) is 6. The minimum Gasteiger partial charge on any atom is -0.492 e. The number of esters is 1. The summed E-state index contributed by atoms with van der Waals surface area (Å²) in [5, 5.41) is 6.65. The number of nitrogens with one attached hydrogen (secondary N) is 1. The molecule has 0 bridgehead atoms. The van der Waals surface area contributed by atoms with Crippen molar-refractivity contribution >= 4 is 12.0 Å². The lowest BCUT2D eigenvalue weighted by Gasteiger charge is -2.26. The molecule has 0 aliphatic carbocycles. The number of benzene rings is 1. The van der Waals surface area contributed by atoms with Crippen LogP contribution in [0.3, 0.4) is 0 Å². The van der Waals surface area contributed by atoms with Crippen molar-refractivity contribution in [2.45, 2.75) is 0 Å². The van der Waals surface area contributed by atoms with Crippen molar-refractivity contribution in [2.24, 2.45) is 5.11 Å². The molecular formula is C16H21N5O3. The normalized spacial score (nSPS) is 15.5. The first-order valence-corrected chi connectivity index (χ1v) is 7.74. The first-order chi connectivity index (χ1) is 11.7. The van der Waals surface area contributed by atoms with Crippen LogP contribution in [0.15, 0.2) is 35.1 Å². The van der Waals surface area contributed by atoms with E-state index in [9.17, 15) is 4.79 Å². The predicted molar refractivity (Wildman–Crippen MR) is 90.4 cm³/mol. The van der Waals surface area contributed by atoms with Crippen molar-refractivity contribution in [1.29, 1.82) is 0 Å². The second kappa shape index (κ2) is 9.57. The highest BCUT2D eigenvalue weighted by molar-refractivity contribution is 5.93. The van der Waals surface area contributed by atoms with E-state index in [-0.39, 0.29) is 5.70 Å².